The molecule has 2 aliphatic rings. The van der Waals surface area contributed by atoms with E-state index >= 15 is 0 Å². The molecule has 1 N–H and O–H groups in total. The molecule has 0 saturated heterocycles. The highest BCUT2D eigenvalue weighted by atomic mass is 32.2. The molecular weight excluding hydrogens is 370 g/mol. The fourth-order valence-electron chi connectivity index (χ4n) is 3.65. The van der Waals surface area contributed by atoms with E-state index < -0.39 is 5.91 Å². The summed E-state index contributed by atoms with van der Waals surface area (Å²) >= 11 is 1.31. The fraction of sp³-hybridized carbons (Fsp3) is 0.238. The highest BCUT2D eigenvalue weighted by molar-refractivity contribution is 8.26. The molecule has 1 aromatic heterocycles. The first-order valence-electron chi connectivity index (χ1n) is 8.99. The Hall–Kier alpha value is -2.93. The van der Waals surface area contributed by atoms with Gasteiger partial charge in [0.05, 0.1) is 10.6 Å². The molecule has 0 saturated carbocycles. The van der Waals surface area contributed by atoms with Gasteiger partial charge in [-0.1, -0.05) is 6.07 Å². The van der Waals surface area contributed by atoms with Gasteiger partial charge in [0.15, 0.2) is 5.84 Å². The van der Waals surface area contributed by atoms with Gasteiger partial charge < -0.3 is 4.57 Å². The molecule has 0 aliphatic carbocycles. The van der Waals surface area contributed by atoms with Gasteiger partial charge in [0.25, 0.3) is 5.91 Å². The lowest BCUT2D eigenvalue weighted by molar-refractivity contribution is -0.114. The van der Waals surface area contributed by atoms with Crippen LogP contribution in [0.15, 0.2) is 39.9 Å². The van der Waals surface area contributed by atoms with E-state index in [1.165, 1.54) is 27.9 Å². The Morgan fingerprint density at radius 3 is 2.39 bits per heavy atom. The van der Waals surface area contributed by atoms with Crippen molar-refractivity contribution in [3.63, 3.8) is 0 Å². The first kappa shape index (κ1) is 18.4. The van der Waals surface area contributed by atoms with Crippen LogP contribution in [0.4, 0.5) is 0 Å². The highest BCUT2D eigenvalue weighted by Gasteiger charge is 2.34. The number of amides is 1. The predicted octanol–water partition coefficient (Wildman–Crippen LogP) is 4.35. The lowest BCUT2D eigenvalue weighted by atomic mass is 10.1. The molecule has 7 heteroatoms. The molecule has 0 radical (unpaired) electrons. The monoisotopic (exact) mass is 391 g/mol. The van der Waals surface area contributed by atoms with Gasteiger partial charge in [0, 0.05) is 17.1 Å². The van der Waals surface area contributed by atoms with Crippen LogP contribution in [0.3, 0.4) is 0 Å². The number of carbonyl (C=O) groups is 1. The van der Waals surface area contributed by atoms with Crippen molar-refractivity contribution in [1.29, 1.82) is 5.41 Å². The van der Waals surface area contributed by atoms with Crippen LogP contribution in [-0.4, -0.2) is 31.5 Å². The second kappa shape index (κ2) is 6.60. The Morgan fingerprint density at radius 2 is 1.71 bits per heavy atom. The summed E-state index contributed by atoms with van der Waals surface area (Å²) in [6.45, 7) is 10.1. The van der Waals surface area contributed by atoms with Crippen molar-refractivity contribution in [2.75, 3.05) is 0 Å². The van der Waals surface area contributed by atoms with Crippen molar-refractivity contribution in [3.05, 3.63) is 57.9 Å². The van der Waals surface area contributed by atoms with Crippen LogP contribution in [0, 0.1) is 33.1 Å². The Balaban J connectivity index is 1.79. The molecule has 2 aromatic rings. The molecule has 1 aromatic carbocycles. The van der Waals surface area contributed by atoms with Crippen LogP contribution in [0.1, 0.15) is 35.0 Å². The van der Waals surface area contributed by atoms with E-state index in [1.807, 2.05) is 26.8 Å². The number of hydrazone groups is 1. The molecule has 28 heavy (non-hydrogen) atoms. The largest absolute Gasteiger partial charge is 0.318 e. The average molecular weight is 392 g/mol. The van der Waals surface area contributed by atoms with E-state index in [1.54, 1.807) is 6.08 Å². The number of hydrogen-bond donors (Lipinski definition) is 1. The molecule has 0 spiro atoms. The highest BCUT2D eigenvalue weighted by Crippen LogP contribution is 2.29. The molecule has 2 aliphatic heterocycles. The number of fused-ring (bicyclic) bond motifs is 1. The zero-order chi connectivity index (χ0) is 20.2. The quantitative estimate of drug-likeness (QED) is 0.774. The number of carbonyl (C=O) groups excluding carboxylic acids is 1. The Bertz CT molecular complexity index is 1120. The van der Waals surface area contributed by atoms with E-state index in [4.69, 9.17) is 5.41 Å². The van der Waals surface area contributed by atoms with Gasteiger partial charge >= 0.3 is 0 Å². The minimum atomic E-state index is -0.398. The summed E-state index contributed by atoms with van der Waals surface area (Å²) in [5, 5.41) is 15.4. The van der Waals surface area contributed by atoms with Gasteiger partial charge in [0.1, 0.15) is 0 Å². The van der Waals surface area contributed by atoms with E-state index in [0.29, 0.717) is 5.17 Å². The van der Waals surface area contributed by atoms with Crippen LogP contribution < -0.4 is 0 Å². The van der Waals surface area contributed by atoms with Crippen molar-refractivity contribution in [1.82, 2.24) is 9.58 Å². The molecule has 142 valence electrons. The van der Waals surface area contributed by atoms with Gasteiger partial charge in [-0.05, 0) is 87.3 Å². The second-order valence-corrected chi connectivity index (χ2v) is 8.31. The predicted molar refractivity (Wildman–Crippen MR) is 115 cm³/mol. The summed E-state index contributed by atoms with van der Waals surface area (Å²) in [5.41, 5.74) is 6.74. The summed E-state index contributed by atoms with van der Waals surface area (Å²) < 4.78 is 2.17. The van der Waals surface area contributed by atoms with Crippen molar-refractivity contribution in [3.8, 4) is 5.69 Å². The number of nitrogens with one attached hydrogen (secondary N) is 1. The van der Waals surface area contributed by atoms with Crippen molar-refractivity contribution < 1.29 is 4.79 Å². The number of nitrogens with zero attached hydrogens (tertiary/aromatic N) is 4. The standard InChI is InChI=1S/C21H21N5OS/c1-11-6-12(2)8-17(7-11)25-13(3)9-16(14(25)4)10-18-19(22)26-21(23-20(18)27)28-15(5)24-26/h6-10,22H,1-5H3/b18-10-,22-19?. The minimum absolute atomic E-state index is 0.0653. The molecule has 1 amide bonds. The first-order chi connectivity index (χ1) is 13.2. The molecule has 3 heterocycles. The summed E-state index contributed by atoms with van der Waals surface area (Å²) in [4.78, 5) is 16.6. The van der Waals surface area contributed by atoms with Gasteiger partial charge in [0.2, 0.25) is 5.17 Å². The van der Waals surface area contributed by atoms with Crippen LogP contribution in [-0.2, 0) is 4.79 Å². The summed E-state index contributed by atoms with van der Waals surface area (Å²) in [7, 11) is 0. The summed E-state index contributed by atoms with van der Waals surface area (Å²) in [6, 6.07) is 8.47. The van der Waals surface area contributed by atoms with Crippen molar-refractivity contribution in [2.24, 2.45) is 10.1 Å². The number of rotatable bonds is 2. The number of thioether (sulfide) groups is 1. The molecular formula is C21H21N5OS. The Morgan fingerprint density at radius 1 is 1.04 bits per heavy atom. The van der Waals surface area contributed by atoms with Gasteiger partial charge in [-0.25, -0.2) is 0 Å². The molecule has 6 nitrogen and oxygen atoms in total. The topological polar surface area (TPSA) is 73.8 Å². The van der Waals surface area contributed by atoms with Crippen molar-refractivity contribution in [2.45, 2.75) is 34.6 Å². The normalized spacial score (nSPS) is 17.9. The lowest BCUT2D eigenvalue weighted by Gasteiger charge is -2.20. The summed E-state index contributed by atoms with van der Waals surface area (Å²) in [5.74, 6) is -0.333. The average Bonchev–Trinajstić information content (AvgIpc) is 3.09. The Kier molecular flexibility index (Phi) is 4.34. The van der Waals surface area contributed by atoms with Gasteiger partial charge in [-0.2, -0.15) is 15.1 Å². The van der Waals surface area contributed by atoms with Gasteiger partial charge in [-0.3, -0.25) is 10.2 Å². The Labute approximate surface area is 168 Å². The second-order valence-electron chi connectivity index (χ2n) is 7.15. The maximum Gasteiger partial charge on any atom is 0.283 e. The van der Waals surface area contributed by atoms with E-state index in [-0.39, 0.29) is 11.4 Å². The molecule has 0 fully saturated rings. The van der Waals surface area contributed by atoms with Crippen LogP contribution in [0.25, 0.3) is 11.8 Å². The molecule has 0 atom stereocenters. The zero-order valence-corrected chi connectivity index (χ0v) is 17.3. The first-order valence-corrected chi connectivity index (χ1v) is 9.80. The molecule has 0 unspecified atom stereocenters. The number of amidine groups is 2. The lowest BCUT2D eigenvalue weighted by Crippen LogP contribution is -2.35. The minimum Gasteiger partial charge on any atom is -0.318 e. The number of aliphatic imine (C=N–C) groups is 1. The maximum atomic E-state index is 12.5. The van der Waals surface area contributed by atoms with E-state index in [9.17, 15) is 4.79 Å². The van der Waals surface area contributed by atoms with Crippen LogP contribution in [0.5, 0.6) is 0 Å². The number of benzene rings is 1. The van der Waals surface area contributed by atoms with Crippen LogP contribution >= 0.6 is 11.8 Å². The molecule has 4 rings (SSSR count). The van der Waals surface area contributed by atoms with Crippen molar-refractivity contribution >= 4 is 39.8 Å². The maximum absolute atomic E-state index is 12.5. The number of hydrogen-bond acceptors (Lipinski definition) is 4. The van der Waals surface area contributed by atoms with E-state index in [0.717, 1.165) is 27.7 Å². The fourth-order valence-corrected chi connectivity index (χ4v) is 4.39. The summed E-state index contributed by atoms with van der Waals surface area (Å²) in [6.07, 6.45) is 1.75. The SMILES string of the molecule is CC1=NN2C(=N)/C(=C/c3cc(C)n(-c4cc(C)cc(C)c4)c3C)C(=O)N=C2S1. The third kappa shape index (κ3) is 3.01. The third-order valence-corrected chi connectivity index (χ3v) is 5.61. The smallest absolute Gasteiger partial charge is 0.283 e. The van der Waals surface area contributed by atoms with Gasteiger partial charge in [-0.15, -0.1) is 0 Å². The number of aromatic nitrogens is 1. The third-order valence-electron chi connectivity index (χ3n) is 4.79. The zero-order valence-electron chi connectivity index (χ0n) is 16.5. The van der Waals surface area contributed by atoms with E-state index in [2.05, 4.69) is 46.7 Å². The number of aryl methyl sites for hydroxylation is 3. The van der Waals surface area contributed by atoms with Crippen LogP contribution in [0.2, 0.25) is 0 Å². The molecule has 0 bridgehead atoms.